The molecule has 2 saturated heterocycles. The summed E-state index contributed by atoms with van der Waals surface area (Å²) in [4.78, 5) is 16.6. The van der Waals surface area contributed by atoms with Crippen molar-refractivity contribution in [2.24, 2.45) is 13.0 Å². The van der Waals surface area contributed by atoms with Crippen molar-refractivity contribution >= 4 is 17.7 Å². The first-order chi connectivity index (χ1) is 9.65. The fourth-order valence-corrected chi connectivity index (χ4v) is 3.59. The number of aromatic nitrogens is 3. The summed E-state index contributed by atoms with van der Waals surface area (Å²) in [5.41, 5.74) is 0. The molecule has 110 valence electrons. The number of amides is 1. The molecule has 0 radical (unpaired) electrons. The number of nitrogens with zero attached hydrogens (tertiary/aromatic N) is 5. The predicted octanol–water partition coefficient (Wildman–Crippen LogP) is 0.131. The zero-order valence-corrected chi connectivity index (χ0v) is 12.9. The molecule has 1 aromatic rings. The molecule has 1 amide bonds. The number of thioether (sulfide) groups is 1. The van der Waals surface area contributed by atoms with E-state index in [1.54, 1.807) is 0 Å². The minimum absolute atomic E-state index is 0.187. The molecule has 0 N–H and O–H groups in total. The third-order valence-corrected chi connectivity index (χ3v) is 5.12. The van der Waals surface area contributed by atoms with E-state index < -0.39 is 0 Å². The fraction of sp³-hybridized carbons (Fsp3) is 0.769. The van der Waals surface area contributed by atoms with Gasteiger partial charge in [0.15, 0.2) is 0 Å². The van der Waals surface area contributed by atoms with Gasteiger partial charge in [-0.15, -0.1) is 10.2 Å². The van der Waals surface area contributed by atoms with Crippen LogP contribution in [0.1, 0.15) is 11.6 Å². The Morgan fingerprint density at radius 3 is 2.60 bits per heavy atom. The first kappa shape index (κ1) is 13.9. The first-order valence-corrected chi connectivity index (χ1v) is 8.24. The lowest BCUT2D eigenvalue weighted by molar-refractivity contribution is -0.141. The molecule has 3 heterocycles. The van der Waals surface area contributed by atoms with Gasteiger partial charge in [0.1, 0.15) is 11.6 Å². The highest BCUT2D eigenvalue weighted by Gasteiger charge is 2.36. The normalized spacial score (nSPS) is 21.0. The number of hydrogen-bond acceptors (Lipinski definition) is 5. The number of carbonyl (C=O) groups is 1. The van der Waals surface area contributed by atoms with E-state index >= 15 is 0 Å². The van der Waals surface area contributed by atoms with Gasteiger partial charge in [-0.3, -0.25) is 9.69 Å². The van der Waals surface area contributed by atoms with Gasteiger partial charge in [-0.25, -0.2) is 0 Å². The van der Waals surface area contributed by atoms with Crippen molar-refractivity contribution in [2.75, 3.05) is 37.7 Å². The van der Waals surface area contributed by atoms with Crippen molar-refractivity contribution in [1.82, 2.24) is 24.6 Å². The van der Waals surface area contributed by atoms with Gasteiger partial charge in [-0.1, -0.05) is 0 Å². The third kappa shape index (κ3) is 2.69. The van der Waals surface area contributed by atoms with Crippen molar-refractivity contribution < 1.29 is 4.79 Å². The van der Waals surface area contributed by atoms with Gasteiger partial charge in [-0.2, -0.15) is 11.8 Å². The van der Waals surface area contributed by atoms with E-state index in [2.05, 4.69) is 15.1 Å². The highest BCUT2D eigenvalue weighted by molar-refractivity contribution is 7.99. The van der Waals surface area contributed by atoms with Crippen LogP contribution in [-0.2, 0) is 18.4 Å². The zero-order chi connectivity index (χ0) is 14.1. The van der Waals surface area contributed by atoms with Crippen LogP contribution in [0.25, 0.3) is 0 Å². The van der Waals surface area contributed by atoms with E-state index in [1.165, 1.54) is 0 Å². The molecule has 6 nitrogen and oxygen atoms in total. The highest BCUT2D eigenvalue weighted by atomic mass is 32.2. The molecule has 2 fully saturated rings. The van der Waals surface area contributed by atoms with Crippen molar-refractivity contribution in [3.05, 3.63) is 11.6 Å². The molecule has 0 aromatic carbocycles. The molecule has 1 aromatic heterocycles. The smallest absolute Gasteiger partial charge is 0.228 e. The maximum atomic E-state index is 12.3. The standard InChI is InChI=1S/C13H21N5OS/c1-10-14-15-12(16(10)2)9-17-7-11(8-17)13(19)18-3-5-20-6-4-18/h11H,3-9H2,1-2H3. The Labute approximate surface area is 123 Å². The monoisotopic (exact) mass is 295 g/mol. The van der Waals surface area contributed by atoms with Crippen LogP contribution >= 0.6 is 11.8 Å². The van der Waals surface area contributed by atoms with Crippen LogP contribution in [0.4, 0.5) is 0 Å². The quantitative estimate of drug-likeness (QED) is 0.793. The predicted molar refractivity (Wildman–Crippen MR) is 78.4 cm³/mol. The van der Waals surface area contributed by atoms with E-state index in [1.807, 2.05) is 35.2 Å². The molecule has 0 bridgehead atoms. The van der Waals surface area contributed by atoms with Crippen LogP contribution in [0.2, 0.25) is 0 Å². The van der Waals surface area contributed by atoms with Crippen LogP contribution in [0.5, 0.6) is 0 Å². The SMILES string of the molecule is Cc1nnc(CN2CC(C(=O)N3CCSCC3)C2)n1C. The lowest BCUT2D eigenvalue weighted by Crippen LogP contribution is -2.55. The third-order valence-electron chi connectivity index (χ3n) is 4.18. The summed E-state index contributed by atoms with van der Waals surface area (Å²) in [6.07, 6.45) is 0. The lowest BCUT2D eigenvalue weighted by atomic mass is 9.98. The molecular weight excluding hydrogens is 274 g/mol. The van der Waals surface area contributed by atoms with E-state index in [9.17, 15) is 4.79 Å². The summed E-state index contributed by atoms with van der Waals surface area (Å²) in [6.45, 7) is 6.29. The average Bonchev–Trinajstić information content (AvgIpc) is 2.74. The summed E-state index contributed by atoms with van der Waals surface area (Å²) in [7, 11) is 1.98. The molecule has 2 aliphatic heterocycles. The zero-order valence-electron chi connectivity index (χ0n) is 12.1. The summed E-state index contributed by atoms with van der Waals surface area (Å²) in [5, 5.41) is 8.23. The molecule has 0 atom stereocenters. The first-order valence-electron chi connectivity index (χ1n) is 7.09. The van der Waals surface area contributed by atoms with Gasteiger partial charge in [0.2, 0.25) is 5.91 Å². The molecule has 3 rings (SSSR count). The summed E-state index contributed by atoms with van der Waals surface area (Å²) in [6, 6.07) is 0. The summed E-state index contributed by atoms with van der Waals surface area (Å²) in [5.74, 6) is 4.60. The number of rotatable bonds is 3. The Hall–Kier alpha value is -1.08. The summed E-state index contributed by atoms with van der Waals surface area (Å²) < 4.78 is 2.01. The van der Waals surface area contributed by atoms with Gasteiger partial charge in [0, 0.05) is 44.7 Å². The van der Waals surface area contributed by atoms with Crippen LogP contribution in [0, 0.1) is 12.8 Å². The van der Waals surface area contributed by atoms with Gasteiger partial charge in [0.05, 0.1) is 12.5 Å². The molecule has 7 heteroatoms. The van der Waals surface area contributed by atoms with E-state index in [0.29, 0.717) is 5.91 Å². The average molecular weight is 295 g/mol. The number of aryl methyl sites for hydroxylation is 1. The Balaban J connectivity index is 1.48. The van der Waals surface area contributed by atoms with Crippen LogP contribution in [0.3, 0.4) is 0 Å². The number of likely N-dealkylation sites (tertiary alicyclic amines) is 1. The van der Waals surface area contributed by atoms with Crippen LogP contribution in [-0.4, -0.2) is 68.2 Å². The lowest BCUT2D eigenvalue weighted by Gasteiger charge is -2.41. The second kappa shape index (κ2) is 5.73. The molecule has 0 unspecified atom stereocenters. The Morgan fingerprint density at radius 2 is 2.00 bits per heavy atom. The van der Waals surface area contributed by atoms with Crippen LogP contribution in [0.15, 0.2) is 0 Å². The van der Waals surface area contributed by atoms with Crippen molar-refractivity contribution in [3.8, 4) is 0 Å². The molecule has 0 spiro atoms. The van der Waals surface area contributed by atoms with Crippen molar-refractivity contribution in [3.63, 3.8) is 0 Å². The number of carbonyl (C=O) groups excluding carboxylic acids is 1. The molecule has 20 heavy (non-hydrogen) atoms. The number of hydrogen-bond donors (Lipinski definition) is 0. The Bertz CT molecular complexity index is 491. The molecule has 0 saturated carbocycles. The molecular formula is C13H21N5OS. The molecule has 2 aliphatic rings. The maximum absolute atomic E-state index is 12.3. The maximum Gasteiger partial charge on any atom is 0.228 e. The van der Waals surface area contributed by atoms with Gasteiger partial charge < -0.3 is 9.47 Å². The minimum Gasteiger partial charge on any atom is -0.341 e. The second-order valence-electron chi connectivity index (χ2n) is 5.55. The topological polar surface area (TPSA) is 54.3 Å². The van der Waals surface area contributed by atoms with Crippen molar-refractivity contribution in [2.45, 2.75) is 13.5 Å². The van der Waals surface area contributed by atoms with E-state index in [4.69, 9.17) is 0 Å². The Kier molecular flexibility index (Phi) is 3.98. The second-order valence-corrected chi connectivity index (χ2v) is 6.78. The molecule has 0 aliphatic carbocycles. The fourth-order valence-electron chi connectivity index (χ4n) is 2.69. The van der Waals surface area contributed by atoms with Crippen LogP contribution < -0.4 is 0 Å². The van der Waals surface area contributed by atoms with E-state index in [0.717, 1.165) is 55.9 Å². The summed E-state index contributed by atoms with van der Waals surface area (Å²) >= 11 is 1.94. The van der Waals surface area contributed by atoms with Gasteiger partial charge >= 0.3 is 0 Å². The van der Waals surface area contributed by atoms with E-state index in [-0.39, 0.29) is 5.92 Å². The Morgan fingerprint density at radius 1 is 1.30 bits per heavy atom. The van der Waals surface area contributed by atoms with Crippen molar-refractivity contribution in [1.29, 1.82) is 0 Å². The largest absolute Gasteiger partial charge is 0.341 e. The van der Waals surface area contributed by atoms with Gasteiger partial charge in [-0.05, 0) is 6.92 Å². The van der Waals surface area contributed by atoms with Gasteiger partial charge in [0.25, 0.3) is 0 Å². The minimum atomic E-state index is 0.187. The highest BCUT2D eigenvalue weighted by Crippen LogP contribution is 2.22.